The van der Waals surface area contributed by atoms with E-state index in [1.54, 1.807) is 6.92 Å². The van der Waals surface area contributed by atoms with Crippen molar-refractivity contribution in [3.8, 4) is 23.3 Å². The van der Waals surface area contributed by atoms with Crippen LogP contribution in [0.1, 0.15) is 208 Å². The lowest BCUT2D eigenvalue weighted by Gasteiger charge is -2.62. The van der Waals surface area contributed by atoms with Crippen LogP contribution in [0.4, 0.5) is 0 Å². The molecule has 0 radical (unpaired) electrons. The van der Waals surface area contributed by atoms with Gasteiger partial charge >= 0.3 is 5.97 Å². The van der Waals surface area contributed by atoms with Gasteiger partial charge in [-0.15, -0.1) is 5.92 Å². The summed E-state index contributed by atoms with van der Waals surface area (Å²) >= 11 is 0. The zero-order chi connectivity index (χ0) is 53.6. The SMILES string of the molecule is CC(=O)O[C@@]12CCc3cc(c(O)c4c3[C@H]3C=C[C@@]5(CCC[C@@H]5C3)O4)CN3C[C@@]4(CC3=O)[C@H](c3ccccc3)CC[C@@]43C#CC[C@@H]4CC[C@]5(CCC[C@]5(NC(N)=NC3)SSC[C@@H]3CC[C@]5(CC[C@@H]6CCC[C@]63C5)[C@@H](CC1)[C@H](O)C2)C4. The van der Waals surface area contributed by atoms with Crippen LogP contribution in [0, 0.1) is 68.5 Å². The summed E-state index contributed by atoms with van der Waals surface area (Å²) in [6.45, 7) is 2.71. The minimum absolute atomic E-state index is 0.0731. The van der Waals surface area contributed by atoms with Crippen LogP contribution in [0.5, 0.6) is 11.5 Å². The number of hydrogen-bond acceptors (Lipinski definition) is 11. The van der Waals surface area contributed by atoms with Gasteiger partial charge < -0.3 is 35.6 Å². The monoisotopic (exact) mass is 1110 g/mol. The van der Waals surface area contributed by atoms with Crippen molar-refractivity contribution in [2.45, 2.75) is 221 Å². The van der Waals surface area contributed by atoms with Gasteiger partial charge in [-0.3, -0.25) is 14.6 Å². The molecule has 2 aromatic carbocycles. The number of aryl methyl sites for hydroxylation is 1. The number of guanidine groups is 1. The number of hydrogen-bond donors (Lipinski definition) is 4. The first kappa shape index (κ1) is 52.0. The molecule has 10 nitrogen and oxygen atoms in total. The number of esters is 1. The number of aliphatic imine (C=N–C) groups is 1. The summed E-state index contributed by atoms with van der Waals surface area (Å²) < 4.78 is 13.9. The van der Waals surface area contributed by atoms with Gasteiger partial charge in [0.1, 0.15) is 16.1 Å². The number of allylic oxidation sites excluding steroid dienone is 1. The van der Waals surface area contributed by atoms with Crippen molar-refractivity contribution in [3.63, 3.8) is 0 Å². The van der Waals surface area contributed by atoms with E-state index in [-0.39, 0.29) is 57.6 Å². The largest absolute Gasteiger partial charge is 0.504 e. The molecule has 5 N–H and O–H groups in total. The van der Waals surface area contributed by atoms with Gasteiger partial charge in [-0.1, -0.05) is 70.3 Å². The highest BCUT2D eigenvalue weighted by atomic mass is 33.1. The molecule has 7 aliphatic heterocycles. The van der Waals surface area contributed by atoms with Gasteiger partial charge in [0.25, 0.3) is 0 Å². The summed E-state index contributed by atoms with van der Waals surface area (Å²) in [7, 11) is 4.26. The number of phenolic OH excluding ortho intramolecular Hbond substituents is 1. The smallest absolute Gasteiger partial charge is 0.303 e. The number of amides is 1. The molecule has 422 valence electrons. The Morgan fingerprint density at radius 1 is 0.911 bits per heavy atom. The fourth-order valence-electron chi connectivity index (χ4n) is 22.1. The summed E-state index contributed by atoms with van der Waals surface area (Å²) in [6.07, 6.45) is 31.3. The first-order chi connectivity index (χ1) is 38.2. The number of carbonyl (C=O) groups excluding carboxylic acids is 2. The quantitative estimate of drug-likeness (QED) is 0.0992. The normalized spacial score (nSPS) is 45.5. The Labute approximate surface area is 477 Å². The maximum absolute atomic E-state index is 15.3. The summed E-state index contributed by atoms with van der Waals surface area (Å²) in [5.74, 6) is 12.8. The molecule has 16 atom stereocenters. The average Bonchev–Trinajstić information content (AvgIpc) is 3.59. The highest BCUT2D eigenvalue weighted by Crippen LogP contribution is 2.72. The van der Waals surface area contributed by atoms with Crippen molar-refractivity contribution in [3.05, 3.63) is 70.8 Å². The number of aliphatic hydroxyl groups is 1. The lowest BCUT2D eigenvalue weighted by molar-refractivity contribution is -0.182. The molecule has 0 unspecified atom stereocenters. The van der Waals surface area contributed by atoms with Gasteiger partial charge in [-0.25, -0.2) is 0 Å². The highest BCUT2D eigenvalue weighted by molar-refractivity contribution is 8.77. The molecular weight excluding hydrogens is 1020 g/mol. The Balaban J connectivity index is 0.864. The fraction of sp³-hybridized carbons (Fsp3) is 0.716. The zero-order valence-electron chi connectivity index (χ0n) is 47.0. The predicted molar refractivity (Wildman–Crippen MR) is 312 cm³/mol. The van der Waals surface area contributed by atoms with Crippen molar-refractivity contribution < 1.29 is 29.3 Å². The van der Waals surface area contributed by atoms with Crippen molar-refractivity contribution in [1.82, 2.24) is 10.2 Å². The molecule has 12 heteroatoms. The Morgan fingerprint density at radius 3 is 2.62 bits per heavy atom. The fourth-order valence-corrected chi connectivity index (χ4v) is 26.1. The minimum atomic E-state index is -0.817. The molecule has 79 heavy (non-hydrogen) atoms. The predicted octanol–water partition coefficient (Wildman–Crippen LogP) is 12.8. The summed E-state index contributed by atoms with van der Waals surface area (Å²) in [5.41, 5.74) is 9.54. The number of ether oxygens (including phenoxy) is 2. The van der Waals surface area contributed by atoms with Crippen molar-refractivity contribution in [2.75, 3.05) is 18.8 Å². The van der Waals surface area contributed by atoms with Crippen molar-refractivity contribution >= 4 is 39.4 Å². The van der Waals surface area contributed by atoms with Crippen molar-refractivity contribution in [2.24, 2.45) is 67.4 Å². The molecule has 2 aromatic rings. The van der Waals surface area contributed by atoms with Gasteiger partial charge in [0, 0.05) is 78.8 Å². The third kappa shape index (κ3) is 7.91. The third-order valence-electron chi connectivity index (χ3n) is 25.6. The number of benzene rings is 2. The number of carbonyl (C=O) groups is 2. The highest BCUT2D eigenvalue weighted by Gasteiger charge is 2.66. The van der Waals surface area contributed by atoms with Crippen LogP contribution in [0.15, 0.2) is 53.5 Å². The second-order valence-corrected chi connectivity index (χ2v) is 31.5. The van der Waals surface area contributed by atoms with Crippen LogP contribution < -0.4 is 15.8 Å². The molecule has 1 amide bonds. The summed E-state index contributed by atoms with van der Waals surface area (Å²) in [4.78, 5) is 36.0. The van der Waals surface area contributed by atoms with E-state index in [4.69, 9.17) is 20.2 Å². The molecule has 7 spiro atoms. The molecule has 9 aliphatic carbocycles. The van der Waals surface area contributed by atoms with Gasteiger partial charge in [0.15, 0.2) is 17.5 Å². The number of aromatic hydroxyl groups is 1. The lowest BCUT2D eigenvalue weighted by Crippen LogP contribution is -2.57. The van der Waals surface area contributed by atoms with E-state index in [2.05, 4.69) is 87.3 Å². The third-order valence-corrected chi connectivity index (χ3v) is 28.9. The maximum Gasteiger partial charge on any atom is 0.303 e. The molecule has 8 saturated carbocycles. The van der Waals surface area contributed by atoms with E-state index >= 15 is 4.79 Å². The van der Waals surface area contributed by atoms with Crippen LogP contribution in [-0.4, -0.2) is 74.0 Å². The Hall–Kier alpha value is -3.79. The molecule has 1 saturated heterocycles. The van der Waals surface area contributed by atoms with Gasteiger partial charge in [0.05, 0.1) is 18.1 Å². The zero-order valence-corrected chi connectivity index (χ0v) is 48.6. The van der Waals surface area contributed by atoms with Gasteiger partial charge in [-0.05, 0) is 211 Å². The molecule has 16 aliphatic rings. The standard InChI is InChI=1S/C67H86N4O6S2/c1-43(72)76-63-30-15-46-33-48(57(75)58-56(46)47-16-32-66(77-58)24-7-13-50(66)34-47)38-71-42-65(37-55(71)74)52(45-10-3-2-4-11-45)19-29-62(65)21-5-9-44-14-28-61(35-44)22-8-25-67(61,70-59(68)69-41-62)79-78-39-51-18-27-60(53(20-31-63)54(73)36-63)26-17-49-12-6-23-64(49,51)40-60/h2-4,10-11,16,32-33,44,47,49-54,73,75H,6-9,12-15,17-20,22-31,34-42H2,1H3,(H3,68,69,70)/t44-,47+,49+,50-,51+,52+,53+,54-,60+,61-,62-,63+,64+,65+,66-,67+/m1/s1. The van der Waals surface area contributed by atoms with E-state index in [9.17, 15) is 15.0 Å². The number of nitrogens with one attached hydrogen (secondary N) is 1. The van der Waals surface area contributed by atoms with Crippen LogP contribution in [-0.2, 0) is 27.3 Å². The van der Waals surface area contributed by atoms with Gasteiger partial charge in [0.2, 0.25) is 5.91 Å². The first-order valence-corrected chi connectivity index (χ1v) is 33.9. The summed E-state index contributed by atoms with van der Waals surface area (Å²) in [6, 6.07) is 13.0. The lowest BCUT2D eigenvalue weighted by atomic mass is 9.44. The van der Waals surface area contributed by atoms with E-state index in [1.807, 2.05) is 4.90 Å². The van der Waals surface area contributed by atoms with E-state index in [0.717, 1.165) is 93.4 Å². The number of aliphatic hydroxyl groups excluding tert-OH is 1. The second kappa shape index (κ2) is 18.9. The molecule has 7 heterocycles. The average molecular weight is 1110 g/mol. The van der Waals surface area contributed by atoms with Crippen LogP contribution in [0.2, 0.25) is 0 Å². The Morgan fingerprint density at radius 2 is 1.76 bits per heavy atom. The Kier molecular flexibility index (Phi) is 12.4. The van der Waals surface area contributed by atoms with Gasteiger partial charge in [-0.2, -0.15) is 0 Å². The van der Waals surface area contributed by atoms with E-state index in [0.29, 0.717) is 79.2 Å². The van der Waals surface area contributed by atoms with Crippen molar-refractivity contribution in [1.29, 1.82) is 0 Å². The maximum atomic E-state index is 15.3. The number of phenols is 1. The number of rotatable bonds is 2. The molecular formula is C67H86N4O6S2. The molecule has 15 bridgehead atoms. The van der Waals surface area contributed by atoms with Crippen LogP contribution >= 0.6 is 21.6 Å². The number of fused-ring (bicyclic) bond motifs is 2. The molecule has 0 aromatic heterocycles. The van der Waals surface area contributed by atoms with Crippen LogP contribution in [0.3, 0.4) is 0 Å². The van der Waals surface area contributed by atoms with Crippen LogP contribution in [0.25, 0.3) is 0 Å². The van der Waals surface area contributed by atoms with E-state index < -0.39 is 28.1 Å². The Bertz CT molecular complexity index is 2940. The minimum Gasteiger partial charge on any atom is -0.504 e. The van der Waals surface area contributed by atoms with E-state index in [1.165, 1.54) is 82.6 Å². The topological polar surface area (TPSA) is 147 Å². The first-order valence-electron chi connectivity index (χ1n) is 31.6. The summed E-state index contributed by atoms with van der Waals surface area (Å²) in [5, 5.41) is 29.8. The molecule has 18 rings (SSSR count). The number of nitrogens with zero attached hydrogens (tertiary/aromatic N) is 2. The molecule has 9 fully saturated rings. The second-order valence-electron chi connectivity index (χ2n) is 28.9. The number of nitrogens with two attached hydrogens (primary N) is 1.